The van der Waals surface area contributed by atoms with E-state index < -0.39 is 0 Å². The van der Waals surface area contributed by atoms with Gasteiger partial charge in [0.05, 0.1) is 22.5 Å². The SMILES string of the molecule is CC(Cl)c1nc2cc(I)ccc2n1C1CCC(=O)N(C)C1. The van der Waals surface area contributed by atoms with E-state index in [2.05, 4.69) is 45.4 Å². The quantitative estimate of drug-likeness (QED) is 0.551. The molecule has 1 aromatic carbocycles. The molecule has 3 rings (SSSR count). The summed E-state index contributed by atoms with van der Waals surface area (Å²) in [7, 11) is 1.86. The van der Waals surface area contributed by atoms with Gasteiger partial charge < -0.3 is 9.47 Å². The van der Waals surface area contributed by atoms with E-state index in [1.165, 1.54) is 0 Å². The molecule has 0 saturated carbocycles. The summed E-state index contributed by atoms with van der Waals surface area (Å²) in [5.74, 6) is 1.10. The second kappa shape index (κ2) is 5.76. The molecule has 1 aliphatic rings. The van der Waals surface area contributed by atoms with E-state index in [1.54, 1.807) is 4.90 Å². The number of hydrogen-bond acceptors (Lipinski definition) is 2. The van der Waals surface area contributed by atoms with Gasteiger partial charge >= 0.3 is 0 Å². The first-order valence-corrected chi connectivity index (χ1v) is 8.54. The first-order valence-electron chi connectivity index (χ1n) is 7.03. The van der Waals surface area contributed by atoms with Crippen molar-refractivity contribution in [2.45, 2.75) is 31.2 Å². The first-order chi connectivity index (χ1) is 9.97. The summed E-state index contributed by atoms with van der Waals surface area (Å²) < 4.78 is 3.39. The third kappa shape index (κ3) is 2.77. The van der Waals surface area contributed by atoms with Gasteiger partial charge in [-0.05, 0) is 54.1 Å². The molecule has 0 bridgehead atoms. The van der Waals surface area contributed by atoms with E-state index in [4.69, 9.17) is 16.6 Å². The van der Waals surface area contributed by atoms with E-state index >= 15 is 0 Å². The van der Waals surface area contributed by atoms with Crippen LogP contribution >= 0.6 is 34.2 Å². The molecule has 4 nitrogen and oxygen atoms in total. The van der Waals surface area contributed by atoms with Crippen LogP contribution < -0.4 is 0 Å². The Labute approximate surface area is 142 Å². The van der Waals surface area contributed by atoms with Crippen molar-refractivity contribution < 1.29 is 4.79 Å². The Hall–Kier alpha value is -0.820. The largest absolute Gasteiger partial charge is 0.344 e. The fourth-order valence-corrected chi connectivity index (χ4v) is 3.58. The molecule has 2 unspecified atom stereocenters. The van der Waals surface area contributed by atoms with Gasteiger partial charge in [-0.2, -0.15) is 0 Å². The lowest BCUT2D eigenvalue weighted by Gasteiger charge is -2.32. The van der Waals surface area contributed by atoms with Crippen molar-refractivity contribution in [3.8, 4) is 0 Å². The molecule has 1 aliphatic heterocycles. The summed E-state index contributed by atoms with van der Waals surface area (Å²) in [4.78, 5) is 18.2. The Balaban J connectivity index is 2.11. The summed E-state index contributed by atoms with van der Waals surface area (Å²) in [6.45, 7) is 2.66. The van der Waals surface area contributed by atoms with Crippen LogP contribution in [0.2, 0.25) is 0 Å². The van der Waals surface area contributed by atoms with Gasteiger partial charge in [-0.1, -0.05) is 0 Å². The average molecular weight is 418 g/mol. The highest BCUT2D eigenvalue weighted by Crippen LogP contribution is 2.32. The maximum absolute atomic E-state index is 11.7. The van der Waals surface area contributed by atoms with Crippen molar-refractivity contribution >= 4 is 51.1 Å². The molecule has 1 fully saturated rings. The molecule has 6 heteroatoms. The van der Waals surface area contributed by atoms with Crippen molar-refractivity contribution in [1.82, 2.24) is 14.5 Å². The van der Waals surface area contributed by atoms with Crippen LogP contribution in [0.3, 0.4) is 0 Å². The lowest BCUT2D eigenvalue weighted by atomic mass is 10.0. The average Bonchev–Trinajstić information content (AvgIpc) is 2.80. The smallest absolute Gasteiger partial charge is 0.222 e. The summed E-state index contributed by atoms with van der Waals surface area (Å²) >= 11 is 8.63. The monoisotopic (exact) mass is 417 g/mol. The van der Waals surface area contributed by atoms with Crippen molar-refractivity contribution in [2.24, 2.45) is 0 Å². The zero-order valence-electron chi connectivity index (χ0n) is 12.0. The maximum Gasteiger partial charge on any atom is 0.222 e. The number of hydrogen-bond donors (Lipinski definition) is 0. The molecule has 1 aromatic heterocycles. The number of benzene rings is 1. The van der Waals surface area contributed by atoms with Gasteiger partial charge in [-0.3, -0.25) is 4.79 Å². The standard InChI is InChI=1S/C15H17ClIN3O/c1-9(16)15-18-12-7-10(17)3-5-13(12)20(15)11-4-6-14(21)19(2)8-11/h3,5,7,9,11H,4,6,8H2,1-2H3. The Kier molecular flexibility index (Phi) is 4.14. The number of nitrogens with zero attached hydrogens (tertiary/aromatic N) is 3. The predicted molar refractivity (Wildman–Crippen MR) is 92.6 cm³/mol. The van der Waals surface area contributed by atoms with Crippen LogP contribution in [0.5, 0.6) is 0 Å². The molecule has 0 N–H and O–H groups in total. The van der Waals surface area contributed by atoms with Crippen LogP contribution in [0.25, 0.3) is 11.0 Å². The Morgan fingerprint density at radius 1 is 1.48 bits per heavy atom. The zero-order chi connectivity index (χ0) is 15.1. The number of amides is 1. The molecule has 0 radical (unpaired) electrons. The van der Waals surface area contributed by atoms with Crippen LogP contribution in [0.1, 0.15) is 37.0 Å². The van der Waals surface area contributed by atoms with Gasteiger partial charge in [-0.25, -0.2) is 4.98 Å². The van der Waals surface area contributed by atoms with Crippen molar-refractivity contribution in [2.75, 3.05) is 13.6 Å². The number of likely N-dealkylation sites (tertiary alicyclic amines) is 1. The number of carbonyl (C=O) groups is 1. The van der Waals surface area contributed by atoms with Crippen LogP contribution in [-0.2, 0) is 4.79 Å². The van der Waals surface area contributed by atoms with Gasteiger partial charge in [0.2, 0.25) is 5.91 Å². The number of likely N-dealkylation sites (N-methyl/N-ethyl adjacent to an activating group) is 1. The van der Waals surface area contributed by atoms with E-state index in [-0.39, 0.29) is 17.3 Å². The Morgan fingerprint density at radius 3 is 2.90 bits per heavy atom. The molecular weight excluding hydrogens is 401 g/mol. The third-order valence-corrected chi connectivity index (χ3v) is 4.87. The number of carbonyl (C=O) groups excluding carboxylic acids is 1. The van der Waals surface area contributed by atoms with Gasteiger partial charge in [0.25, 0.3) is 0 Å². The number of fused-ring (bicyclic) bond motifs is 1. The highest BCUT2D eigenvalue weighted by atomic mass is 127. The van der Waals surface area contributed by atoms with Gasteiger partial charge in [0.1, 0.15) is 5.82 Å². The van der Waals surface area contributed by atoms with Crippen LogP contribution in [0.15, 0.2) is 18.2 Å². The van der Waals surface area contributed by atoms with E-state index in [9.17, 15) is 4.79 Å². The summed E-state index contributed by atoms with van der Waals surface area (Å²) in [5.41, 5.74) is 2.08. The molecular formula is C15H17ClIN3O. The van der Waals surface area contributed by atoms with E-state index in [0.29, 0.717) is 13.0 Å². The highest BCUT2D eigenvalue weighted by molar-refractivity contribution is 14.1. The number of piperidine rings is 1. The summed E-state index contributed by atoms with van der Waals surface area (Å²) in [6, 6.07) is 6.51. The lowest BCUT2D eigenvalue weighted by Crippen LogP contribution is -2.38. The zero-order valence-corrected chi connectivity index (χ0v) is 14.9. The molecule has 2 heterocycles. The van der Waals surface area contributed by atoms with Crippen molar-refractivity contribution in [3.05, 3.63) is 27.6 Å². The predicted octanol–water partition coefficient (Wildman–Crippen LogP) is 3.73. The number of halogens is 2. The Morgan fingerprint density at radius 2 is 2.24 bits per heavy atom. The maximum atomic E-state index is 11.7. The minimum atomic E-state index is -0.155. The van der Waals surface area contributed by atoms with Crippen molar-refractivity contribution in [1.29, 1.82) is 0 Å². The molecule has 1 saturated heterocycles. The second-order valence-electron chi connectivity index (χ2n) is 5.56. The fourth-order valence-electron chi connectivity index (χ4n) is 2.96. The van der Waals surface area contributed by atoms with E-state index in [1.807, 2.05) is 14.0 Å². The lowest BCUT2D eigenvalue weighted by molar-refractivity contribution is -0.132. The topological polar surface area (TPSA) is 38.1 Å². The highest BCUT2D eigenvalue weighted by Gasteiger charge is 2.28. The molecule has 0 spiro atoms. The molecule has 0 aliphatic carbocycles. The van der Waals surface area contributed by atoms with Crippen molar-refractivity contribution in [3.63, 3.8) is 0 Å². The minimum Gasteiger partial charge on any atom is -0.344 e. The van der Waals surface area contributed by atoms with Gasteiger partial charge in [0.15, 0.2) is 0 Å². The molecule has 2 aromatic rings. The number of aromatic nitrogens is 2. The molecule has 21 heavy (non-hydrogen) atoms. The molecule has 112 valence electrons. The van der Waals surface area contributed by atoms with Gasteiger partial charge in [0, 0.05) is 23.6 Å². The summed E-state index contributed by atoms with van der Waals surface area (Å²) in [5, 5.41) is -0.155. The number of imidazole rings is 1. The minimum absolute atomic E-state index is 0.155. The first kappa shape index (κ1) is 15.1. The van der Waals surface area contributed by atoms with E-state index in [0.717, 1.165) is 26.8 Å². The van der Waals surface area contributed by atoms with Crippen LogP contribution in [0, 0.1) is 3.57 Å². The Bertz CT molecular complexity index is 698. The van der Waals surface area contributed by atoms with Gasteiger partial charge in [-0.15, -0.1) is 11.6 Å². The molecule has 1 amide bonds. The third-order valence-electron chi connectivity index (χ3n) is 4.00. The number of rotatable bonds is 2. The van der Waals surface area contributed by atoms with Crippen LogP contribution in [0.4, 0.5) is 0 Å². The summed E-state index contributed by atoms with van der Waals surface area (Å²) in [6.07, 6.45) is 1.43. The number of alkyl halides is 1. The fraction of sp³-hybridized carbons (Fsp3) is 0.467. The molecule has 2 atom stereocenters. The second-order valence-corrected chi connectivity index (χ2v) is 7.46. The van der Waals surface area contributed by atoms with Crippen LogP contribution in [-0.4, -0.2) is 34.0 Å². The normalized spacial score (nSPS) is 21.0.